The molecule has 0 unspecified atom stereocenters. The van der Waals surface area contributed by atoms with Crippen molar-refractivity contribution in [2.45, 2.75) is 33.2 Å². The van der Waals surface area contributed by atoms with Gasteiger partial charge in [-0.1, -0.05) is 61.8 Å². The standard InChI is InChI=1S/C22H25N3O/c1-3-4-17-5-11-20(12-6-17)22-23-21(24-26-22)19-9-7-18(8-10-19)15-25-13-16(2)14-25/h5-12,16H,3-4,13-15H2,1-2H3. The first-order valence-corrected chi connectivity index (χ1v) is 9.46. The Morgan fingerprint density at radius 2 is 1.62 bits per heavy atom. The minimum absolute atomic E-state index is 0.571. The summed E-state index contributed by atoms with van der Waals surface area (Å²) in [7, 11) is 0. The first-order valence-electron chi connectivity index (χ1n) is 9.46. The monoisotopic (exact) mass is 347 g/mol. The van der Waals surface area contributed by atoms with Crippen LogP contribution in [-0.4, -0.2) is 28.1 Å². The topological polar surface area (TPSA) is 42.2 Å². The van der Waals surface area contributed by atoms with Gasteiger partial charge in [0.25, 0.3) is 5.89 Å². The highest BCUT2D eigenvalue weighted by atomic mass is 16.5. The summed E-state index contributed by atoms with van der Waals surface area (Å²) in [6.07, 6.45) is 2.24. The van der Waals surface area contributed by atoms with Crippen LogP contribution >= 0.6 is 0 Å². The van der Waals surface area contributed by atoms with E-state index in [1.807, 2.05) is 0 Å². The molecule has 4 rings (SSSR count). The zero-order valence-corrected chi connectivity index (χ0v) is 15.5. The molecule has 26 heavy (non-hydrogen) atoms. The summed E-state index contributed by atoms with van der Waals surface area (Å²) in [6.45, 7) is 7.91. The molecule has 1 aliphatic rings. The summed E-state index contributed by atoms with van der Waals surface area (Å²) in [5, 5.41) is 4.15. The smallest absolute Gasteiger partial charge is 0.258 e. The Balaban J connectivity index is 1.45. The maximum absolute atomic E-state index is 5.47. The summed E-state index contributed by atoms with van der Waals surface area (Å²) in [5.74, 6) is 2.05. The molecule has 0 saturated carbocycles. The summed E-state index contributed by atoms with van der Waals surface area (Å²) in [6, 6.07) is 16.9. The molecular formula is C22H25N3O. The lowest BCUT2D eigenvalue weighted by atomic mass is 10.0. The normalized spacial score (nSPS) is 15.2. The molecule has 134 valence electrons. The lowest BCUT2D eigenvalue weighted by Gasteiger charge is -2.37. The molecular weight excluding hydrogens is 322 g/mol. The molecule has 1 aliphatic heterocycles. The van der Waals surface area contributed by atoms with E-state index in [-0.39, 0.29) is 0 Å². The van der Waals surface area contributed by atoms with Gasteiger partial charge in [-0.3, -0.25) is 4.90 Å². The van der Waals surface area contributed by atoms with Crippen molar-refractivity contribution in [3.05, 3.63) is 59.7 Å². The van der Waals surface area contributed by atoms with Crippen molar-refractivity contribution in [2.24, 2.45) is 5.92 Å². The van der Waals surface area contributed by atoms with Gasteiger partial charge in [0.15, 0.2) is 0 Å². The molecule has 1 aromatic heterocycles. The van der Waals surface area contributed by atoms with Crippen molar-refractivity contribution in [1.82, 2.24) is 15.0 Å². The Labute approximate surface area is 154 Å². The molecule has 2 aromatic carbocycles. The highest BCUT2D eigenvalue weighted by molar-refractivity contribution is 5.60. The molecule has 1 saturated heterocycles. The molecule has 1 fully saturated rings. The number of aryl methyl sites for hydroxylation is 1. The van der Waals surface area contributed by atoms with Gasteiger partial charge in [0.2, 0.25) is 5.82 Å². The lowest BCUT2D eigenvalue weighted by Crippen LogP contribution is -2.44. The van der Waals surface area contributed by atoms with Crippen molar-refractivity contribution in [3.63, 3.8) is 0 Å². The van der Waals surface area contributed by atoms with Gasteiger partial charge < -0.3 is 4.52 Å². The van der Waals surface area contributed by atoms with Crippen LogP contribution in [0.25, 0.3) is 22.8 Å². The van der Waals surface area contributed by atoms with Gasteiger partial charge in [0.05, 0.1) is 0 Å². The number of likely N-dealkylation sites (tertiary alicyclic amines) is 1. The summed E-state index contributed by atoms with van der Waals surface area (Å²) in [4.78, 5) is 7.03. The fourth-order valence-corrected chi connectivity index (χ4v) is 3.54. The lowest BCUT2D eigenvalue weighted by molar-refractivity contribution is 0.105. The Morgan fingerprint density at radius 1 is 0.962 bits per heavy atom. The number of benzene rings is 2. The maximum atomic E-state index is 5.47. The quantitative estimate of drug-likeness (QED) is 0.642. The summed E-state index contributed by atoms with van der Waals surface area (Å²) in [5.41, 5.74) is 4.62. The Bertz CT molecular complexity index is 846. The van der Waals surface area contributed by atoms with E-state index in [0.29, 0.717) is 11.7 Å². The second kappa shape index (κ2) is 7.42. The van der Waals surface area contributed by atoms with Crippen molar-refractivity contribution in [1.29, 1.82) is 0 Å². The third-order valence-electron chi connectivity index (χ3n) is 4.92. The zero-order chi connectivity index (χ0) is 17.9. The average Bonchev–Trinajstić information content (AvgIpc) is 3.12. The minimum atomic E-state index is 0.571. The number of nitrogens with zero attached hydrogens (tertiary/aromatic N) is 3. The SMILES string of the molecule is CCCc1ccc(-c2nc(-c3ccc(CN4CC(C)C4)cc3)no2)cc1. The molecule has 0 bridgehead atoms. The van der Waals surface area contributed by atoms with Crippen molar-refractivity contribution < 1.29 is 4.52 Å². The Hall–Kier alpha value is -2.46. The van der Waals surface area contributed by atoms with Crippen LogP contribution in [0.15, 0.2) is 53.1 Å². The second-order valence-corrected chi connectivity index (χ2v) is 7.37. The Kier molecular flexibility index (Phi) is 4.85. The molecule has 0 aliphatic carbocycles. The average molecular weight is 347 g/mol. The van der Waals surface area contributed by atoms with E-state index in [1.165, 1.54) is 24.2 Å². The van der Waals surface area contributed by atoms with Crippen LogP contribution in [0.5, 0.6) is 0 Å². The van der Waals surface area contributed by atoms with Gasteiger partial charge in [-0.15, -0.1) is 0 Å². The minimum Gasteiger partial charge on any atom is -0.334 e. The highest BCUT2D eigenvalue weighted by Crippen LogP contribution is 2.24. The van der Waals surface area contributed by atoms with Crippen molar-refractivity contribution >= 4 is 0 Å². The fraction of sp³-hybridized carbons (Fsp3) is 0.364. The van der Waals surface area contributed by atoms with E-state index in [2.05, 4.69) is 77.4 Å². The van der Waals surface area contributed by atoms with Crippen LogP contribution in [0, 0.1) is 5.92 Å². The van der Waals surface area contributed by atoms with Gasteiger partial charge in [-0.25, -0.2) is 0 Å². The van der Waals surface area contributed by atoms with E-state index in [4.69, 9.17) is 4.52 Å². The highest BCUT2D eigenvalue weighted by Gasteiger charge is 2.22. The van der Waals surface area contributed by atoms with Crippen LogP contribution in [-0.2, 0) is 13.0 Å². The number of aromatic nitrogens is 2. The van der Waals surface area contributed by atoms with E-state index < -0.39 is 0 Å². The van der Waals surface area contributed by atoms with Gasteiger partial charge in [0.1, 0.15) is 0 Å². The number of hydrogen-bond donors (Lipinski definition) is 0. The molecule has 0 radical (unpaired) electrons. The van der Waals surface area contributed by atoms with E-state index in [1.54, 1.807) is 0 Å². The van der Waals surface area contributed by atoms with E-state index >= 15 is 0 Å². The first kappa shape index (κ1) is 17.0. The summed E-state index contributed by atoms with van der Waals surface area (Å²) >= 11 is 0. The molecule has 0 N–H and O–H groups in total. The first-order chi connectivity index (χ1) is 12.7. The molecule has 4 heteroatoms. The van der Waals surface area contributed by atoms with Crippen LogP contribution in [0.3, 0.4) is 0 Å². The fourth-order valence-electron chi connectivity index (χ4n) is 3.54. The number of hydrogen-bond acceptors (Lipinski definition) is 4. The summed E-state index contributed by atoms with van der Waals surface area (Å²) < 4.78 is 5.47. The van der Waals surface area contributed by atoms with Crippen molar-refractivity contribution in [3.8, 4) is 22.8 Å². The molecule has 0 atom stereocenters. The molecule has 3 aromatic rings. The third kappa shape index (κ3) is 3.70. The van der Waals surface area contributed by atoms with E-state index in [9.17, 15) is 0 Å². The van der Waals surface area contributed by atoms with Crippen LogP contribution < -0.4 is 0 Å². The Morgan fingerprint density at radius 3 is 2.27 bits per heavy atom. The third-order valence-corrected chi connectivity index (χ3v) is 4.92. The zero-order valence-electron chi connectivity index (χ0n) is 15.5. The van der Waals surface area contributed by atoms with E-state index in [0.717, 1.165) is 36.4 Å². The number of rotatable bonds is 6. The molecule has 0 amide bonds. The van der Waals surface area contributed by atoms with Gasteiger partial charge in [0, 0.05) is 30.8 Å². The van der Waals surface area contributed by atoms with Crippen LogP contribution in [0.4, 0.5) is 0 Å². The van der Waals surface area contributed by atoms with Gasteiger partial charge in [-0.2, -0.15) is 4.98 Å². The van der Waals surface area contributed by atoms with Gasteiger partial charge >= 0.3 is 0 Å². The largest absolute Gasteiger partial charge is 0.334 e. The predicted molar refractivity (Wildman–Crippen MR) is 104 cm³/mol. The van der Waals surface area contributed by atoms with Crippen LogP contribution in [0.2, 0.25) is 0 Å². The second-order valence-electron chi connectivity index (χ2n) is 7.37. The van der Waals surface area contributed by atoms with Gasteiger partial charge in [-0.05, 0) is 35.6 Å². The molecule has 2 heterocycles. The predicted octanol–water partition coefficient (Wildman–Crippen LogP) is 4.81. The van der Waals surface area contributed by atoms with Crippen LogP contribution in [0.1, 0.15) is 31.4 Å². The molecule has 4 nitrogen and oxygen atoms in total. The maximum Gasteiger partial charge on any atom is 0.258 e. The van der Waals surface area contributed by atoms with Crippen molar-refractivity contribution in [2.75, 3.05) is 13.1 Å². The molecule has 0 spiro atoms.